The Hall–Kier alpha value is -2.73. The van der Waals surface area contributed by atoms with Crippen LogP contribution < -0.4 is 9.47 Å². The number of aliphatic imine (C=N–C) groups is 1. The number of hydrogen-bond acceptors (Lipinski definition) is 5. The van der Waals surface area contributed by atoms with Crippen LogP contribution in [-0.4, -0.2) is 29.3 Å². The molecule has 0 N–H and O–H groups in total. The van der Waals surface area contributed by atoms with Crippen molar-refractivity contribution in [3.05, 3.63) is 57.5 Å². The summed E-state index contributed by atoms with van der Waals surface area (Å²) in [5, 5.41) is 0.714. The zero-order valence-electron chi connectivity index (χ0n) is 16.4. The van der Waals surface area contributed by atoms with Gasteiger partial charge in [-0.15, -0.1) is 0 Å². The fourth-order valence-electron chi connectivity index (χ4n) is 3.17. The lowest BCUT2D eigenvalue weighted by molar-refractivity contribution is -0.122. The van der Waals surface area contributed by atoms with E-state index < -0.39 is 0 Å². The third-order valence-corrected chi connectivity index (χ3v) is 5.84. The summed E-state index contributed by atoms with van der Waals surface area (Å²) in [5.41, 5.74) is 5.12. The third-order valence-electron chi connectivity index (χ3n) is 4.83. The highest BCUT2D eigenvalue weighted by Crippen LogP contribution is 2.38. The quantitative estimate of drug-likeness (QED) is 0.690. The van der Waals surface area contributed by atoms with Gasteiger partial charge in [-0.1, -0.05) is 12.1 Å². The van der Waals surface area contributed by atoms with E-state index in [9.17, 15) is 4.79 Å². The van der Waals surface area contributed by atoms with Crippen molar-refractivity contribution in [3.63, 3.8) is 0 Å². The first-order chi connectivity index (χ1) is 13.5. The van der Waals surface area contributed by atoms with E-state index in [1.807, 2.05) is 52.0 Å². The molecule has 4 rings (SSSR count). The summed E-state index contributed by atoms with van der Waals surface area (Å²) in [6.45, 7) is 8.85. The van der Waals surface area contributed by atoms with Crippen molar-refractivity contribution in [2.45, 2.75) is 27.7 Å². The SMILES string of the molecule is CCN1C(=O)/C(=C/c2cc3c(cc2C)OCO3)SC1=Nc1cc(C)ccc1C. The Morgan fingerprint density at radius 3 is 2.61 bits per heavy atom. The van der Waals surface area contributed by atoms with Crippen LogP contribution in [0.2, 0.25) is 0 Å². The first-order valence-corrected chi connectivity index (χ1v) is 10.1. The van der Waals surface area contributed by atoms with Crippen LogP contribution in [-0.2, 0) is 4.79 Å². The molecule has 0 atom stereocenters. The molecule has 2 aliphatic heterocycles. The van der Waals surface area contributed by atoms with Crippen LogP contribution >= 0.6 is 11.8 Å². The molecule has 28 heavy (non-hydrogen) atoms. The first-order valence-electron chi connectivity index (χ1n) is 9.24. The van der Waals surface area contributed by atoms with Crippen molar-refractivity contribution in [2.75, 3.05) is 13.3 Å². The summed E-state index contributed by atoms with van der Waals surface area (Å²) < 4.78 is 10.9. The number of amidine groups is 1. The fraction of sp³-hybridized carbons (Fsp3) is 0.273. The van der Waals surface area contributed by atoms with Crippen molar-refractivity contribution >= 4 is 34.6 Å². The maximum absolute atomic E-state index is 12.9. The smallest absolute Gasteiger partial charge is 0.266 e. The van der Waals surface area contributed by atoms with Gasteiger partial charge in [0.1, 0.15) is 0 Å². The summed E-state index contributed by atoms with van der Waals surface area (Å²) in [5.74, 6) is 1.44. The number of carbonyl (C=O) groups excluding carboxylic acids is 1. The number of thioether (sulfide) groups is 1. The van der Waals surface area contributed by atoms with Crippen molar-refractivity contribution in [2.24, 2.45) is 4.99 Å². The molecule has 6 heteroatoms. The monoisotopic (exact) mass is 394 g/mol. The number of amides is 1. The van der Waals surface area contributed by atoms with Gasteiger partial charge in [-0.3, -0.25) is 9.69 Å². The summed E-state index contributed by atoms with van der Waals surface area (Å²) in [4.78, 5) is 20.1. The van der Waals surface area contributed by atoms with Crippen molar-refractivity contribution in [3.8, 4) is 11.5 Å². The number of nitrogens with zero attached hydrogens (tertiary/aromatic N) is 2. The van der Waals surface area contributed by atoms with E-state index in [1.165, 1.54) is 11.8 Å². The Labute approximate surface area is 169 Å². The van der Waals surface area contributed by atoms with Crippen LogP contribution in [0.4, 0.5) is 5.69 Å². The van der Waals surface area contributed by atoms with Gasteiger partial charge in [0.25, 0.3) is 5.91 Å². The molecule has 2 aliphatic rings. The molecular formula is C22H22N2O3S. The van der Waals surface area contributed by atoms with Gasteiger partial charge in [-0.25, -0.2) is 4.99 Å². The van der Waals surface area contributed by atoms with Crippen molar-refractivity contribution in [1.82, 2.24) is 4.90 Å². The molecule has 0 spiro atoms. The van der Waals surface area contributed by atoms with Crippen LogP contribution in [0.3, 0.4) is 0 Å². The minimum absolute atomic E-state index is 0.0198. The Morgan fingerprint density at radius 1 is 1.11 bits per heavy atom. The molecule has 1 fully saturated rings. The molecule has 0 unspecified atom stereocenters. The average Bonchev–Trinajstić information content (AvgIpc) is 3.22. The minimum Gasteiger partial charge on any atom is -0.454 e. The molecule has 0 bridgehead atoms. The summed E-state index contributed by atoms with van der Waals surface area (Å²) in [7, 11) is 0. The van der Waals surface area contributed by atoms with E-state index in [2.05, 4.69) is 12.1 Å². The predicted molar refractivity (Wildman–Crippen MR) is 113 cm³/mol. The molecular weight excluding hydrogens is 372 g/mol. The third kappa shape index (κ3) is 3.40. The van der Waals surface area contributed by atoms with Crippen LogP contribution in [0, 0.1) is 20.8 Å². The van der Waals surface area contributed by atoms with Crippen molar-refractivity contribution < 1.29 is 14.3 Å². The van der Waals surface area contributed by atoms with E-state index >= 15 is 0 Å². The number of likely N-dealkylation sites (N-methyl/N-ethyl adjacent to an activating group) is 1. The zero-order chi connectivity index (χ0) is 19.8. The van der Waals surface area contributed by atoms with Gasteiger partial charge in [-0.05, 0) is 86.0 Å². The second-order valence-corrected chi connectivity index (χ2v) is 7.92. The van der Waals surface area contributed by atoms with Gasteiger partial charge in [0, 0.05) is 6.54 Å². The van der Waals surface area contributed by atoms with Crippen LogP contribution in [0.15, 0.2) is 40.2 Å². The van der Waals surface area contributed by atoms with Gasteiger partial charge in [-0.2, -0.15) is 0 Å². The topological polar surface area (TPSA) is 51.1 Å². The van der Waals surface area contributed by atoms with Crippen LogP contribution in [0.25, 0.3) is 6.08 Å². The fourth-order valence-corrected chi connectivity index (χ4v) is 4.22. The number of hydrogen-bond donors (Lipinski definition) is 0. The Balaban J connectivity index is 1.71. The summed E-state index contributed by atoms with van der Waals surface area (Å²) >= 11 is 1.41. The maximum atomic E-state index is 12.9. The van der Waals surface area contributed by atoms with Crippen LogP contribution in [0.5, 0.6) is 11.5 Å². The van der Waals surface area contributed by atoms with E-state index in [0.29, 0.717) is 22.4 Å². The molecule has 2 heterocycles. The van der Waals surface area contributed by atoms with E-state index in [-0.39, 0.29) is 12.7 Å². The maximum Gasteiger partial charge on any atom is 0.266 e. The molecule has 5 nitrogen and oxygen atoms in total. The lowest BCUT2D eigenvalue weighted by Gasteiger charge is -2.12. The number of ether oxygens (including phenoxy) is 2. The lowest BCUT2D eigenvalue weighted by atomic mass is 10.1. The summed E-state index contributed by atoms with van der Waals surface area (Å²) in [6, 6.07) is 10.0. The lowest BCUT2D eigenvalue weighted by Crippen LogP contribution is -2.28. The number of aryl methyl sites for hydroxylation is 3. The van der Waals surface area contributed by atoms with Gasteiger partial charge in [0.15, 0.2) is 16.7 Å². The molecule has 1 amide bonds. The highest BCUT2D eigenvalue weighted by atomic mass is 32.2. The van der Waals surface area contributed by atoms with E-state index in [0.717, 1.165) is 33.7 Å². The first kappa shape index (κ1) is 18.6. The van der Waals surface area contributed by atoms with Crippen molar-refractivity contribution in [1.29, 1.82) is 0 Å². The second-order valence-electron chi connectivity index (χ2n) is 6.91. The van der Waals surface area contributed by atoms with Crippen LogP contribution in [0.1, 0.15) is 29.2 Å². The molecule has 2 aromatic rings. The second kappa shape index (κ2) is 7.36. The van der Waals surface area contributed by atoms with Gasteiger partial charge >= 0.3 is 0 Å². The molecule has 1 saturated heterocycles. The molecule has 144 valence electrons. The molecule has 0 saturated carbocycles. The average molecular weight is 394 g/mol. The summed E-state index contributed by atoms with van der Waals surface area (Å²) in [6.07, 6.45) is 1.92. The van der Waals surface area contributed by atoms with Gasteiger partial charge in [0.2, 0.25) is 6.79 Å². The number of fused-ring (bicyclic) bond motifs is 1. The Morgan fingerprint density at radius 2 is 1.86 bits per heavy atom. The van der Waals surface area contributed by atoms with Gasteiger partial charge in [0.05, 0.1) is 10.6 Å². The normalized spacial score (nSPS) is 18.6. The zero-order valence-corrected chi connectivity index (χ0v) is 17.2. The van der Waals surface area contributed by atoms with E-state index in [4.69, 9.17) is 14.5 Å². The standard InChI is InChI=1S/C22H22N2O3S/c1-5-24-21(25)20(11-16-10-19-18(9-15(16)4)26-12-27-19)28-22(24)23-17-8-13(2)6-7-14(17)3/h6-11H,5,12H2,1-4H3/b20-11-,23-22?. The van der Waals surface area contributed by atoms with E-state index in [1.54, 1.807) is 4.90 Å². The Bertz CT molecular complexity index is 1030. The number of carbonyl (C=O) groups is 1. The molecule has 0 aliphatic carbocycles. The highest BCUT2D eigenvalue weighted by Gasteiger charge is 2.32. The predicted octanol–water partition coefficient (Wildman–Crippen LogP) is 4.96. The highest BCUT2D eigenvalue weighted by molar-refractivity contribution is 8.18. The number of benzene rings is 2. The molecule has 0 aromatic heterocycles. The molecule has 0 radical (unpaired) electrons. The Kier molecular flexibility index (Phi) is 4.89. The number of rotatable bonds is 3. The molecule has 2 aromatic carbocycles. The van der Waals surface area contributed by atoms with Gasteiger partial charge < -0.3 is 9.47 Å². The largest absolute Gasteiger partial charge is 0.454 e. The minimum atomic E-state index is -0.0198.